The average Bonchev–Trinajstić information content (AvgIpc) is 3.22. The van der Waals surface area contributed by atoms with Crippen LogP contribution in [0.25, 0.3) is 0 Å². The zero-order valence-corrected chi connectivity index (χ0v) is 23.5. The highest BCUT2D eigenvalue weighted by molar-refractivity contribution is 7.89. The third kappa shape index (κ3) is 6.74. The van der Waals surface area contributed by atoms with Crippen LogP contribution >= 0.6 is 0 Å². The summed E-state index contributed by atoms with van der Waals surface area (Å²) in [7, 11) is -7.16. The van der Waals surface area contributed by atoms with Crippen LogP contribution in [0.5, 0.6) is 5.75 Å². The van der Waals surface area contributed by atoms with E-state index >= 15 is 0 Å². The van der Waals surface area contributed by atoms with Crippen LogP contribution in [-0.4, -0.2) is 70.7 Å². The van der Waals surface area contributed by atoms with Crippen LogP contribution in [0, 0.1) is 6.92 Å². The fourth-order valence-electron chi connectivity index (χ4n) is 4.83. The molecule has 2 aliphatic heterocycles. The summed E-state index contributed by atoms with van der Waals surface area (Å²) in [4.78, 5) is 13.2. The first-order chi connectivity index (χ1) is 18.2. The lowest BCUT2D eigenvalue weighted by Crippen LogP contribution is -2.35. The largest absolute Gasteiger partial charge is 0.492 e. The Labute approximate surface area is 226 Å². The highest BCUT2D eigenvalue weighted by atomic mass is 32.2. The molecule has 0 unspecified atom stereocenters. The molecule has 2 fully saturated rings. The van der Waals surface area contributed by atoms with Gasteiger partial charge in [0.15, 0.2) is 0 Å². The molecule has 9 nitrogen and oxygen atoms in total. The summed E-state index contributed by atoms with van der Waals surface area (Å²) in [5.41, 5.74) is 0.997. The molecule has 2 aliphatic rings. The van der Waals surface area contributed by atoms with E-state index in [1.165, 1.54) is 26.8 Å². The zero-order chi connectivity index (χ0) is 27.2. The number of aryl methyl sites for hydroxylation is 1. The molecule has 11 heteroatoms. The van der Waals surface area contributed by atoms with Crippen LogP contribution in [0.2, 0.25) is 0 Å². The van der Waals surface area contributed by atoms with Gasteiger partial charge in [0.25, 0.3) is 5.91 Å². The molecule has 208 valence electrons. The highest BCUT2D eigenvalue weighted by Gasteiger charge is 2.27. The summed E-state index contributed by atoms with van der Waals surface area (Å²) in [6.45, 7) is 4.25. The normalized spacial score (nSPS) is 18.0. The van der Waals surface area contributed by atoms with Gasteiger partial charge in [0, 0.05) is 31.7 Å². The molecule has 0 radical (unpaired) electrons. The van der Waals surface area contributed by atoms with E-state index in [1.807, 2.05) is 0 Å². The van der Waals surface area contributed by atoms with E-state index in [0.29, 0.717) is 43.1 Å². The second-order valence-electron chi connectivity index (χ2n) is 9.84. The first-order valence-corrected chi connectivity index (χ1v) is 16.2. The Balaban J connectivity index is 1.32. The standard InChI is InChI=1S/C27H37N3O6S2/c1-22-9-12-25(38(34,35)30-16-5-2-3-6-17-30)21-26(22)27(31)28-15-20-36-23-10-13-24(14-11-23)37(32,33)29-18-7-4-8-19-29/h9-14,21H,2-8,15-20H2,1H3,(H,28,31). The second-order valence-corrected chi connectivity index (χ2v) is 13.7. The maximum Gasteiger partial charge on any atom is 0.251 e. The van der Waals surface area contributed by atoms with Crippen LogP contribution in [0.3, 0.4) is 0 Å². The number of benzene rings is 2. The van der Waals surface area contributed by atoms with E-state index in [0.717, 1.165) is 44.9 Å². The number of sulfonamides is 2. The van der Waals surface area contributed by atoms with E-state index < -0.39 is 20.0 Å². The van der Waals surface area contributed by atoms with Gasteiger partial charge in [-0.05, 0) is 74.6 Å². The lowest BCUT2D eigenvalue weighted by atomic mass is 10.1. The Morgan fingerprint density at radius 2 is 1.26 bits per heavy atom. The third-order valence-corrected chi connectivity index (χ3v) is 10.9. The smallest absolute Gasteiger partial charge is 0.251 e. The van der Waals surface area contributed by atoms with Gasteiger partial charge in [-0.1, -0.05) is 25.3 Å². The van der Waals surface area contributed by atoms with Gasteiger partial charge >= 0.3 is 0 Å². The number of ether oxygens (including phenoxy) is 1. The van der Waals surface area contributed by atoms with Crippen molar-refractivity contribution in [1.82, 2.24) is 13.9 Å². The van der Waals surface area contributed by atoms with E-state index in [4.69, 9.17) is 4.74 Å². The predicted molar refractivity (Wildman–Crippen MR) is 145 cm³/mol. The molecule has 0 atom stereocenters. The molecule has 2 aromatic rings. The summed E-state index contributed by atoms with van der Waals surface area (Å²) < 4.78 is 60.6. The molecular weight excluding hydrogens is 526 g/mol. The molecular formula is C27H37N3O6S2. The van der Waals surface area contributed by atoms with E-state index in [9.17, 15) is 21.6 Å². The predicted octanol–water partition coefficient (Wildman–Crippen LogP) is 3.54. The zero-order valence-electron chi connectivity index (χ0n) is 21.9. The number of hydrogen-bond donors (Lipinski definition) is 1. The fourth-order valence-corrected chi connectivity index (χ4v) is 7.89. The van der Waals surface area contributed by atoms with Crippen LogP contribution in [0.1, 0.15) is 60.9 Å². The van der Waals surface area contributed by atoms with Crippen LogP contribution < -0.4 is 10.1 Å². The first kappa shape index (κ1) is 28.5. The monoisotopic (exact) mass is 563 g/mol. The molecule has 0 saturated carbocycles. The number of nitrogens with zero attached hydrogens (tertiary/aromatic N) is 2. The quantitative estimate of drug-likeness (QED) is 0.467. The van der Waals surface area contributed by atoms with Crippen molar-refractivity contribution in [3.8, 4) is 5.75 Å². The van der Waals surface area contributed by atoms with Crippen molar-refractivity contribution in [1.29, 1.82) is 0 Å². The average molecular weight is 564 g/mol. The van der Waals surface area contributed by atoms with Crippen LogP contribution in [0.15, 0.2) is 52.3 Å². The topological polar surface area (TPSA) is 113 Å². The molecule has 2 saturated heterocycles. The van der Waals surface area contributed by atoms with Gasteiger partial charge in [0.2, 0.25) is 20.0 Å². The van der Waals surface area contributed by atoms with Gasteiger partial charge in [0.1, 0.15) is 12.4 Å². The first-order valence-electron chi connectivity index (χ1n) is 13.3. The van der Waals surface area contributed by atoms with Crippen molar-refractivity contribution in [3.63, 3.8) is 0 Å². The summed E-state index contributed by atoms with van der Waals surface area (Å²) in [6.07, 6.45) is 6.55. The number of nitrogens with one attached hydrogen (secondary N) is 1. The Bertz CT molecular complexity index is 1310. The number of amides is 1. The van der Waals surface area contributed by atoms with Gasteiger partial charge in [-0.2, -0.15) is 8.61 Å². The third-order valence-electron chi connectivity index (χ3n) is 7.09. The summed E-state index contributed by atoms with van der Waals surface area (Å²) >= 11 is 0. The van der Waals surface area contributed by atoms with Crippen molar-refractivity contribution in [2.45, 2.75) is 61.7 Å². The van der Waals surface area contributed by atoms with Crippen LogP contribution in [0.4, 0.5) is 0 Å². The van der Waals surface area contributed by atoms with Crippen molar-refractivity contribution in [2.75, 3.05) is 39.3 Å². The summed E-state index contributed by atoms with van der Waals surface area (Å²) in [5.74, 6) is 0.126. The van der Waals surface area contributed by atoms with E-state index in [-0.39, 0.29) is 28.8 Å². The minimum atomic E-state index is -3.66. The van der Waals surface area contributed by atoms with Gasteiger partial charge in [-0.3, -0.25) is 4.79 Å². The van der Waals surface area contributed by atoms with Gasteiger partial charge < -0.3 is 10.1 Å². The molecule has 1 N–H and O–H groups in total. The van der Waals surface area contributed by atoms with Crippen LogP contribution in [-0.2, 0) is 20.0 Å². The van der Waals surface area contributed by atoms with Crippen molar-refractivity contribution < 1.29 is 26.4 Å². The SMILES string of the molecule is Cc1ccc(S(=O)(=O)N2CCCCCC2)cc1C(=O)NCCOc1ccc(S(=O)(=O)N2CCCCC2)cc1. The van der Waals surface area contributed by atoms with Gasteiger partial charge in [-0.15, -0.1) is 0 Å². The number of carbonyl (C=O) groups is 1. The Hall–Kier alpha value is -2.47. The number of hydrogen-bond acceptors (Lipinski definition) is 6. The van der Waals surface area contributed by atoms with Crippen molar-refractivity contribution >= 4 is 26.0 Å². The van der Waals surface area contributed by atoms with Crippen molar-refractivity contribution in [2.24, 2.45) is 0 Å². The van der Waals surface area contributed by atoms with E-state index in [2.05, 4.69) is 5.32 Å². The molecule has 2 aromatic carbocycles. The molecule has 0 bridgehead atoms. The Morgan fingerprint density at radius 1 is 0.763 bits per heavy atom. The van der Waals surface area contributed by atoms with Gasteiger partial charge in [-0.25, -0.2) is 16.8 Å². The minimum Gasteiger partial charge on any atom is -0.492 e. The fraction of sp³-hybridized carbons (Fsp3) is 0.519. The molecule has 1 amide bonds. The Morgan fingerprint density at radius 3 is 1.84 bits per heavy atom. The maximum absolute atomic E-state index is 13.2. The van der Waals surface area contributed by atoms with Crippen molar-refractivity contribution in [3.05, 3.63) is 53.6 Å². The highest BCUT2D eigenvalue weighted by Crippen LogP contribution is 2.24. The number of rotatable bonds is 9. The number of carbonyl (C=O) groups excluding carboxylic acids is 1. The number of piperidine rings is 1. The molecule has 2 heterocycles. The molecule has 0 aliphatic carbocycles. The molecule has 0 spiro atoms. The Kier molecular flexibility index (Phi) is 9.45. The lowest BCUT2D eigenvalue weighted by molar-refractivity contribution is 0.0946. The van der Waals surface area contributed by atoms with E-state index in [1.54, 1.807) is 31.2 Å². The molecule has 38 heavy (non-hydrogen) atoms. The molecule has 0 aromatic heterocycles. The summed E-state index contributed by atoms with van der Waals surface area (Å²) in [5, 5.41) is 2.78. The molecule has 4 rings (SSSR count). The van der Waals surface area contributed by atoms with Gasteiger partial charge in [0.05, 0.1) is 16.3 Å². The minimum absolute atomic E-state index is 0.131. The lowest BCUT2D eigenvalue weighted by Gasteiger charge is -2.25. The maximum atomic E-state index is 13.2. The second kappa shape index (κ2) is 12.6. The summed E-state index contributed by atoms with van der Waals surface area (Å²) in [6, 6.07) is 11.0.